The molecule has 0 radical (unpaired) electrons. The number of aliphatic hydroxyl groups is 1. The average molecular weight is 352 g/mol. The molecule has 4 atom stereocenters. The van der Waals surface area contributed by atoms with Crippen molar-refractivity contribution in [3.63, 3.8) is 0 Å². The van der Waals surface area contributed by atoms with Gasteiger partial charge in [-0.25, -0.2) is 9.67 Å². The van der Waals surface area contributed by atoms with Gasteiger partial charge in [0, 0.05) is 16.3 Å². The van der Waals surface area contributed by atoms with E-state index < -0.39 is 5.60 Å². The van der Waals surface area contributed by atoms with E-state index in [1.54, 1.807) is 11.0 Å². The molecular formula is C17H19Cl2N3O. The second-order valence-corrected chi connectivity index (χ2v) is 7.77. The fourth-order valence-corrected chi connectivity index (χ4v) is 4.77. The third-order valence-electron chi connectivity index (χ3n) is 5.78. The summed E-state index contributed by atoms with van der Waals surface area (Å²) in [5.74, 6) is 1.28. The summed E-state index contributed by atoms with van der Waals surface area (Å²) in [6.45, 7) is 2.08. The van der Waals surface area contributed by atoms with Crippen LogP contribution in [0.4, 0.5) is 0 Å². The highest BCUT2D eigenvalue weighted by molar-refractivity contribution is 6.30. The summed E-state index contributed by atoms with van der Waals surface area (Å²) in [4.78, 5) is 4.26. The highest BCUT2D eigenvalue weighted by Gasteiger charge is 2.64. The number of rotatable bonds is 4. The maximum atomic E-state index is 11.8. The van der Waals surface area contributed by atoms with E-state index in [9.17, 15) is 5.11 Å². The molecule has 4 nitrogen and oxygen atoms in total. The molecule has 3 aliphatic rings. The summed E-state index contributed by atoms with van der Waals surface area (Å²) in [7, 11) is 0. The lowest BCUT2D eigenvalue weighted by molar-refractivity contribution is -0.114. The third-order valence-corrected chi connectivity index (χ3v) is 6.62. The van der Waals surface area contributed by atoms with E-state index in [0.29, 0.717) is 5.88 Å². The van der Waals surface area contributed by atoms with E-state index in [1.165, 1.54) is 5.56 Å². The minimum absolute atomic E-state index is 0.118. The van der Waals surface area contributed by atoms with Crippen molar-refractivity contribution in [1.82, 2.24) is 14.8 Å². The summed E-state index contributed by atoms with van der Waals surface area (Å²) in [6, 6.07) is 7.70. The number of nitrogens with zero attached hydrogens (tertiary/aromatic N) is 3. The molecule has 2 aliphatic heterocycles. The predicted octanol–water partition coefficient (Wildman–Crippen LogP) is 3.46. The van der Waals surface area contributed by atoms with Gasteiger partial charge in [-0.05, 0) is 42.9 Å². The molecule has 0 spiro atoms. The Labute approximate surface area is 145 Å². The Bertz CT molecular complexity index is 706. The Balaban J connectivity index is 1.67. The zero-order valence-electron chi connectivity index (χ0n) is 12.9. The quantitative estimate of drug-likeness (QED) is 0.858. The molecule has 3 heterocycles. The van der Waals surface area contributed by atoms with Gasteiger partial charge >= 0.3 is 0 Å². The summed E-state index contributed by atoms with van der Waals surface area (Å²) in [5.41, 5.74) is -0.0908. The largest absolute Gasteiger partial charge is 0.386 e. The van der Waals surface area contributed by atoms with Gasteiger partial charge < -0.3 is 5.11 Å². The van der Waals surface area contributed by atoms with Crippen molar-refractivity contribution in [1.29, 1.82) is 0 Å². The zero-order valence-corrected chi connectivity index (χ0v) is 14.4. The number of benzene rings is 1. The van der Waals surface area contributed by atoms with Crippen LogP contribution in [0, 0.1) is 11.3 Å². The summed E-state index contributed by atoms with van der Waals surface area (Å²) in [5, 5.41) is 16.8. The van der Waals surface area contributed by atoms with Gasteiger partial charge in [0.15, 0.2) is 5.82 Å². The van der Waals surface area contributed by atoms with Crippen molar-refractivity contribution in [3.8, 4) is 0 Å². The topological polar surface area (TPSA) is 50.9 Å². The summed E-state index contributed by atoms with van der Waals surface area (Å²) >= 11 is 12.3. The lowest BCUT2D eigenvalue weighted by Crippen LogP contribution is -2.57. The number of halogens is 2. The van der Waals surface area contributed by atoms with Gasteiger partial charge in [0.2, 0.25) is 0 Å². The zero-order chi connectivity index (χ0) is 16.2. The number of aromatic nitrogens is 3. The predicted molar refractivity (Wildman–Crippen MR) is 89.8 cm³/mol. The van der Waals surface area contributed by atoms with Crippen molar-refractivity contribution < 1.29 is 5.11 Å². The first-order chi connectivity index (χ1) is 11.0. The molecule has 0 saturated heterocycles. The molecule has 6 heteroatoms. The van der Waals surface area contributed by atoms with Crippen LogP contribution in [0.25, 0.3) is 0 Å². The minimum Gasteiger partial charge on any atom is -0.386 e. The van der Waals surface area contributed by atoms with Crippen LogP contribution in [0.15, 0.2) is 30.6 Å². The normalized spacial score (nSPS) is 35.3. The first kappa shape index (κ1) is 15.4. The number of hydrogen-bond donors (Lipinski definition) is 1. The Morgan fingerprint density at radius 2 is 2.09 bits per heavy atom. The molecule has 2 bridgehead atoms. The molecule has 122 valence electrons. The van der Waals surface area contributed by atoms with Crippen LogP contribution in [0.3, 0.4) is 0 Å². The first-order valence-electron chi connectivity index (χ1n) is 7.92. The van der Waals surface area contributed by atoms with Crippen LogP contribution < -0.4 is 0 Å². The van der Waals surface area contributed by atoms with Crippen molar-refractivity contribution in [2.45, 2.75) is 37.8 Å². The molecule has 1 aromatic heterocycles. The van der Waals surface area contributed by atoms with E-state index in [4.69, 9.17) is 23.2 Å². The Morgan fingerprint density at radius 3 is 2.65 bits per heavy atom. The molecule has 23 heavy (non-hydrogen) atoms. The smallest absolute Gasteiger partial charge is 0.178 e. The SMILES string of the molecule is CC1(CCl)CCC(Cc2ccc(Cl)cc2)C1(O)C1c2ncn1n2. The Kier molecular flexibility index (Phi) is 3.49. The first-order valence-corrected chi connectivity index (χ1v) is 8.83. The lowest BCUT2D eigenvalue weighted by atomic mass is 9.67. The van der Waals surface area contributed by atoms with Gasteiger partial charge in [-0.1, -0.05) is 30.7 Å². The van der Waals surface area contributed by atoms with E-state index in [2.05, 4.69) is 17.0 Å². The minimum atomic E-state index is -0.929. The van der Waals surface area contributed by atoms with E-state index in [0.717, 1.165) is 30.1 Å². The van der Waals surface area contributed by atoms with Gasteiger partial charge in [-0.2, -0.15) is 5.10 Å². The van der Waals surface area contributed by atoms with Crippen LogP contribution in [0.5, 0.6) is 0 Å². The number of alkyl halides is 1. The van der Waals surface area contributed by atoms with Crippen LogP contribution >= 0.6 is 23.2 Å². The van der Waals surface area contributed by atoms with E-state index in [-0.39, 0.29) is 17.4 Å². The molecular weight excluding hydrogens is 333 g/mol. The fraction of sp³-hybridized carbons (Fsp3) is 0.529. The highest BCUT2D eigenvalue weighted by Crippen LogP contribution is 2.58. The lowest BCUT2D eigenvalue weighted by Gasteiger charge is -2.47. The van der Waals surface area contributed by atoms with E-state index in [1.807, 2.05) is 24.3 Å². The molecule has 1 saturated carbocycles. The molecule has 5 rings (SSSR count). The van der Waals surface area contributed by atoms with Crippen LogP contribution in [0.2, 0.25) is 5.02 Å². The van der Waals surface area contributed by atoms with Gasteiger partial charge in [-0.3, -0.25) is 0 Å². The van der Waals surface area contributed by atoms with Crippen LogP contribution in [-0.4, -0.2) is 31.4 Å². The molecule has 4 unspecified atom stereocenters. The molecule has 1 aliphatic carbocycles. The molecule has 1 aromatic carbocycles. The molecule has 0 amide bonds. The van der Waals surface area contributed by atoms with Gasteiger partial charge in [0.05, 0.1) is 0 Å². The standard InChI is InChI=1S/C17H19Cl2N3O/c1-16(9-18)7-6-12(8-11-2-4-13(19)5-3-11)17(16,23)14-15-20-10-22(14)21-15/h2-5,10,12,14,23H,6-9H2,1H3. The fourth-order valence-electron chi connectivity index (χ4n) is 4.29. The van der Waals surface area contributed by atoms with Crippen LogP contribution in [0.1, 0.15) is 37.2 Å². The Morgan fingerprint density at radius 1 is 1.35 bits per heavy atom. The summed E-state index contributed by atoms with van der Waals surface area (Å²) < 4.78 is 1.78. The molecule has 1 fully saturated rings. The van der Waals surface area contributed by atoms with Crippen molar-refractivity contribution in [2.75, 3.05) is 5.88 Å². The van der Waals surface area contributed by atoms with Gasteiger partial charge in [0.25, 0.3) is 0 Å². The third kappa shape index (κ3) is 2.08. The summed E-state index contributed by atoms with van der Waals surface area (Å²) in [6.07, 6.45) is 4.35. The van der Waals surface area contributed by atoms with Gasteiger partial charge in [0.1, 0.15) is 18.0 Å². The molecule has 1 N–H and O–H groups in total. The number of hydrogen-bond acceptors (Lipinski definition) is 3. The van der Waals surface area contributed by atoms with Crippen molar-refractivity contribution in [3.05, 3.63) is 47.0 Å². The maximum absolute atomic E-state index is 11.8. The highest BCUT2D eigenvalue weighted by atomic mass is 35.5. The maximum Gasteiger partial charge on any atom is 0.178 e. The average Bonchev–Trinajstić information content (AvgIpc) is 3.21. The van der Waals surface area contributed by atoms with Crippen molar-refractivity contribution >= 4 is 23.2 Å². The monoisotopic (exact) mass is 351 g/mol. The van der Waals surface area contributed by atoms with Crippen molar-refractivity contribution in [2.24, 2.45) is 11.3 Å². The Hall–Kier alpha value is -1.10. The van der Waals surface area contributed by atoms with E-state index >= 15 is 0 Å². The second-order valence-electron chi connectivity index (χ2n) is 7.07. The molecule has 2 aromatic rings. The number of fused-ring (bicyclic) bond motifs is 1. The van der Waals surface area contributed by atoms with Crippen LogP contribution in [-0.2, 0) is 6.42 Å². The second kappa shape index (κ2) is 5.20. The van der Waals surface area contributed by atoms with Gasteiger partial charge in [-0.15, -0.1) is 11.6 Å².